The van der Waals surface area contributed by atoms with Crippen LogP contribution in [0, 0.1) is 11.8 Å². The van der Waals surface area contributed by atoms with Gasteiger partial charge in [0.05, 0.1) is 6.61 Å². The van der Waals surface area contributed by atoms with E-state index in [2.05, 4.69) is 54.6 Å². The van der Waals surface area contributed by atoms with Crippen molar-refractivity contribution in [3.63, 3.8) is 0 Å². The fraction of sp³-hybridized carbons (Fsp3) is 0.480. The predicted molar refractivity (Wildman–Crippen MR) is 123 cm³/mol. The van der Waals surface area contributed by atoms with Crippen LogP contribution in [0.3, 0.4) is 0 Å². The maximum absolute atomic E-state index is 12.2. The Bertz CT molecular complexity index is 741. The van der Waals surface area contributed by atoms with E-state index in [1.807, 2.05) is 13.0 Å². The standard InChI is InChI=1S/C25H33NO3.ClH/c1-19-23(16-15-21-11-6-3-7-12-21)22(17-28-18-24(26)25(27)29-19)14-8-13-20-9-4-2-5-10-20;/h2-7,9-12,19,22-24H,8,13-18,26H2,1H3;1H/t19-,22-,23-,24-;/m0./s1. The summed E-state index contributed by atoms with van der Waals surface area (Å²) < 4.78 is 11.6. The van der Waals surface area contributed by atoms with Gasteiger partial charge in [0.2, 0.25) is 0 Å². The number of benzene rings is 2. The number of cyclic esters (lactones) is 1. The SMILES string of the molecule is C[C@@H]1OC(=O)[C@@H](N)COC[C@H](CCCc2ccccc2)[C@H]1CCc1ccccc1.Cl. The molecular formula is C25H34ClNO3. The zero-order valence-electron chi connectivity index (χ0n) is 17.7. The monoisotopic (exact) mass is 431 g/mol. The van der Waals surface area contributed by atoms with Gasteiger partial charge in [-0.05, 0) is 56.1 Å². The summed E-state index contributed by atoms with van der Waals surface area (Å²) in [5, 5.41) is 0. The minimum Gasteiger partial charge on any atom is -0.461 e. The average molecular weight is 432 g/mol. The van der Waals surface area contributed by atoms with E-state index in [1.54, 1.807) is 0 Å². The lowest BCUT2D eigenvalue weighted by Gasteiger charge is -2.31. The van der Waals surface area contributed by atoms with Crippen LogP contribution in [0.25, 0.3) is 0 Å². The van der Waals surface area contributed by atoms with Crippen molar-refractivity contribution < 1.29 is 14.3 Å². The number of carbonyl (C=O) groups is 1. The Hall–Kier alpha value is -1.88. The summed E-state index contributed by atoms with van der Waals surface area (Å²) in [7, 11) is 0. The van der Waals surface area contributed by atoms with Crippen LogP contribution in [0.5, 0.6) is 0 Å². The Morgan fingerprint density at radius 1 is 0.900 bits per heavy atom. The molecule has 5 heteroatoms. The van der Waals surface area contributed by atoms with Gasteiger partial charge in [0.15, 0.2) is 0 Å². The zero-order valence-corrected chi connectivity index (χ0v) is 18.6. The van der Waals surface area contributed by atoms with Gasteiger partial charge in [0.1, 0.15) is 12.1 Å². The third-order valence-corrected chi connectivity index (χ3v) is 5.93. The van der Waals surface area contributed by atoms with E-state index in [0.717, 1.165) is 32.1 Å². The molecule has 4 atom stereocenters. The normalized spacial score (nSPS) is 24.7. The van der Waals surface area contributed by atoms with Crippen LogP contribution in [-0.4, -0.2) is 31.3 Å². The largest absolute Gasteiger partial charge is 0.461 e. The van der Waals surface area contributed by atoms with Crippen molar-refractivity contribution in [2.75, 3.05) is 13.2 Å². The fourth-order valence-electron chi connectivity index (χ4n) is 4.24. The minimum absolute atomic E-state index is 0. The van der Waals surface area contributed by atoms with Gasteiger partial charge in [-0.25, -0.2) is 0 Å². The molecule has 164 valence electrons. The molecular weight excluding hydrogens is 398 g/mol. The molecule has 0 unspecified atom stereocenters. The Kier molecular flexibility index (Phi) is 10.4. The van der Waals surface area contributed by atoms with Gasteiger partial charge in [-0.1, -0.05) is 60.7 Å². The first-order valence-electron chi connectivity index (χ1n) is 10.7. The van der Waals surface area contributed by atoms with Crippen LogP contribution >= 0.6 is 12.4 Å². The third-order valence-electron chi connectivity index (χ3n) is 5.93. The molecule has 0 aliphatic carbocycles. The van der Waals surface area contributed by atoms with Crippen LogP contribution in [0.2, 0.25) is 0 Å². The summed E-state index contributed by atoms with van der Waals surface area (Å²) in [5.41, 5.74) is 8.58. The quantitative estimate of drug-likeness (QED) is 0.651. The Morgan fingerprint density at radius 3 is 2.13 bits per heavy atom. The lowest BCUT2D eigenvalue weighted by Crippen LogP contribution is -2.38. The lowest BCUT2D eigenvalue weighted by atomic mass is 9.80. The number of hydrogen-bond donors (Lipinski definition) is 1. The number of hydrogen-bond acceptors (Lipinski definition) is 4. The van der Waals surface area contributed by atoms with Crippen LogP contribution < -0.4 is 5.73 Å². The summed E-state index contributed by atoms with van der Waals surface area (Å²) in [6, 6.07) is 20.4. The highest BCUT2D eigenvalue weighted by Gasteiger charge is 2.32. The Morgan fingerprint density at radius 2 is 1.50 bits per heavy atom. The molecule has 1 heterocycles. The fourth-order valence-corrected chi connectivity index (χ4v) is 4.24. The molecule has 3 rings (SSSR count). The van der Waals surface area contributed by atoms with Gasteiger partial charge in [-0.2, -0.15) is 0 Å². The van der Waals surface area contributed by atoms with Crippen molar-refractivity contribution >= 4 is 18.4 Å². The van der Waals surface area contributed by atoms with E-state index in [4.69, 9.17) is 15.2 Å². The van der Waals surface area contributed by atoms with Crippen molar-refractivity contribution in [1.29, 1.82) is 0 Å². The van der Waals surface area contributed by atoms with Crippen LogP contribution in [0.1, 0.15) is 37.3 Å². The maximum Gasteiger partial charge on any atom is 0.325 e. The van der Waals surface area contributed by atoms with E-state index in [9.17, 15) is 4.79 Å². The third kappa shape index (κ3) is 7.42. The number of halogens is 1. The van der Waals surface area contributed by atoms with Gasteiger partial charge < -0.3 is 15.2 Å². The molecule has 0 amide bonds. The number of esters is 1. The van der Waals surface area contributed by atoms with E-state index in [0.29, 0.717) is 12.5 Å². The molecule has 2 aromatic rings. The molecule has 1 fully saturated rings. The summed E-state index contributed by atoms with van der Waals surface area (Å²) in [6.07, 6.45) is 4.96. The molecule has 1 saturated heterocycles. The molecule has 2 N–H and O–H groups in total. The van der Waals surface area contributed by atoms with Crippen molar-refractivity contribution in [2.24, 2.45) is 17.6 Å². The van der Waals surface area contributed by atoms with E-state index in [-0.39, 0.29) is 37.0 Å². The lowest BCUT2D eigenvalue weighted by molar-refractivity contribution is -0.153. The molecule has 30 heavy (non-hydrogen) atoms. The molecule has 0 radical (unpaired) electrons. The molecule has 0 saturated carbocycles. The first kappa shape index (κ1) is 24.4. The number of rotatable bonds is 7. The van der Waals surface area contributed by atoms with E-state index < -0.39 is 6.04 Å². The molecule has 2 aromatic carbocycles. The van der Waals surface area contributed by atoms with E-state index >= 15 is 0 Å². The summed E-state index contributed by atoms with van der Waals surface area (Å²) >= 11 is 0. The van der Waals surface area contributed by atoms with E-state index in [1.165, 1.54) is 11.1 Å². The molecule has 1 aliphatic rings. The number of aryl methyl sites for hydroxylation is 2. The highest BCUT2D eigenvalue weighted by atomic mass is 35.5. The van der Waals surface area contributed by atoms with Crippen molar-refractivity contribution in [3.8, 4) is 0 Å². The smallest absolute Gasteiger partial charge is 0.325 e. The van der Waals surface area contributed by atoms with Gasteiger partial charge in [0, 0.05) is 12.5 Å². The molecule has 1 aliphatic heterocycles. The number of carbonyl (C=O) groups excluding carboxylic acids is 1. The summed E-state index contributed by atoms with van der Waals surface area (Å²) in [6.45, 7) is 2.87. The molecule has 0 spiro atoms. The number of ether oxygens (including phenoxy) is 2. The molecule has 4 nitrogen and oxygen atoms in total. The second kappa shape index (κ2) is 12.7. The highest BCUT2D eigenvalue weighted by Crippen LogP contribution is 2.30. The molecule has 0 aromatic heterocycles. The van der Waals surface area contributed by atoms with Crippen molar-refractivity contribution in [1.82, 2.24) is 0 Å². The zero-order chi connectivity index (χ0) is 20.5. The summed E-state index contributed by atoms with van der Waals surface area (Å²) in [5.74, 6) is 0.239. The van der Waals surface area contributed by atoms with Gasteiger partial charge in [-0.3, -0.25) is 4.79 Å². The van der Waals surface area contributed by atoms with Gasteiger partial charge >= 0.3 is 5.97 Å². The first-order chi connectivity index (χ1) is 14.1. The topological polar surface area (TPSA) is 61.5 Å². The minimum atomic E-state index is -0.699. The molecule has 0 bridgehead atoms. The van der Waals surface area contributed by atoms with Crippen LogP contribution in [0.4, 0.5) is 0 Å². The Balaban J connectivity index is 0.00000320. The summed E-state index contributed by atoms with van der Waals surface area (Å²) in [4.78, 5) is 12.2. The van der Waals surface area contributed by atoms with Gasteiger partial charge in [-0.15, -0.1) is 12.4 Å². The number of nitrogens with two attached hydrogens (primary N) is 1. The first-order valence-corrected chi connectivity index (χ1v) is 10.7. The maximum atomic E-state index is 12.2. The van der Waals surface area contributed by atoms with Gasteiger partial charge in [0.25, 0.3) is 0 Å². The average Bonchev–Trinajstić information content (AvgIpc) is 2.78. The second-order valence-electron chi connectivity index (χ2n) is 8.11. The Labute approximate surface area is 186 Å². The second-order valence-corrected chi connectivity index (χ2v) is 8.11. The van der Waals surface area contributed by atoms with Crippen molar-refractivity contribution in [3.05, 3.63) is 71.8 Å². The van der Waals surface area contributed by atoms with Crippen LogP contribution in [-0.2, 0) is 27.1 Å². The van der Waals surface area contributed by atoms with Crippen LogP contribution in [0.15, 0.2) is 60.7 Å². The van der Waals surface area contributed by atoms with Crippen molar-refractivity contribution in [2.45, 2.75) is 51.2 Å². The predicted octanol–water partition coefficient (Wildman–Crippen LogP) is 4.59. The highest BCUT2D eigenvalue weighted by molar-refractivity contribution is 5.85.